The number of aromatic nitrogens is 1. The fourth-order valence-electron chi connectivity index (χ4n) is 4.43. The highest BCUT2D eigenvalue weighted by molar-refractivity contribution is 8.00. The van der Waals surface area contributed by atoms with Crippen molar-refractivity contribution in [1.82, 2.24) is 4.57 Å². The smallest absolute Gasteiger partial charge is 0.133 e. The largest absolute Gasteiger partial charge is 0.376 e. The number of thioether (sulfide) groups is 1. The molecule has 2 nitrogen and oxygen atoms in total. The van der Waals surface area contributed by atoms with Crippen molar-refractivity contribution in [3.05, 3.63) is 28.6 Å². The van der Waals surface area contributed by atoms with Gasteiger partial charge in [0.05, 0.1) is 0 Å². The van der Waals surface area contributed by atoms with Gasteiger partial charge >= 0.3 is 0 Å². The summed E-state index contributed by atoms with van der Waals surface area (Å²) in [6.45, 7) is 2.13. The number of fused-ring (bicyclic) bond motifs is 3. The zero-order chi connectivity index (χ0) is 17.0. The zero-order valence-electron chi connectivity index (χ0n) is 15.4. The van der Waals surface area contributed by atoms with Crippen LogP contribution >= 0.6 is 11.8 Å². The van der Waals surface area contributed by atoms with Crippen molar-refractivity contribution in [2.24, 2.45) is 7.05 Å². The normalized spacial score (nSPS) is 25.5. The first-order valence-corrected chi connectivity index (χ1v) is 10.9. The molecule has 1 atom stereocenters. The average molecular weight is 348 g/mol. The lowest BCUT2D eigenvalue weighted by atomic mass is 9.92. The van der Waals surface area contributed by atoms with E-state index in [9.17, 15) is 5.11 Å². The van der Waals surface area contributed by atoms with E-state index >= 15 is 0 Å². The van der Waals surface area contributed by atoms with Crippen LogP contribution in [0.5, 0.6) is 0 Å². The van der Waals surface area contributed by atoms with Gasteiger partial charge in [-0.1, -0.05) is 45.4 Å². The van der Waals surface area contributed by atoms with Gasteiger partial charge in [0, 0.05) is 24.9 Å². The van der Waals surface area contributed by atoms with Crippen molar-refractivity contribution in [3.63, 3.8) is 0 Å². The Kier molecular flexibility index (Phi) is 6.15. The first-order chi connectivity index (χ1) is 11.6. The van der Waals surface area contributed by atoms with E-state index in [1.165, 1.54) is 81.2 Å². The Morgan fingerprint density at radius 1 is 1.00 bits per heavy atom. The molecule has 1 unspecified atom stereocenters. The fraction of sp³-hybridized carbons (Fsp3) is 0.714. The summed E-state index contributed by atoms with van der Waals surface area (Å²) in [5.41, 5.74) is 5.87. The Balaban J connectivity index is 1.90. The highest BCUT2D eigenvalue weighted by Gasteiger charge is 2.32. The van der Waals surface area contributed by atoms with Gasteiger partial charge in [-0.25, -0.2) is 0 Å². The Hall–Kier alpha value is -0.670. The summed E-state index contributed by atoms with van der Waals surface area (Å²) in [4.78, 5) is -0.708. The lowest BCUT2D eigenvalue weighted by Crippen LogP contribution is -2.27. The second kappa shape index (κ2) is 8.14. The van der Waals surface area contributed by atoms with E-state index in [2.05, 4.69) is 24.6 Å². The second-order valence-electron chi connectivity index (χ2n) is 7.46. The minimum atomic E-state index is -0.708. The summed E-state index contributed by atoms with van der Waals surface area (Å²) in [7, 11) is 2.23. The van der Waals surface area contributed by atoms with E-state index in [1.54, 1.807) is 17.3 Å². The summed E-state index contributed by atoms with van der Waals surface area (Å²) in [6, 6.07) is 0. The molecule has 3 heteroatoms. The van der Waals surface area contributed by atoms with Crippen LogP contribution in [0.3, 0.4) is 0 Å². The maximum Gasteiger partial charge on any atom is 0.133 e. The summed E-state index contributed by atoms with van der Waals surface area (Å²) < 4.78 is 2.42. The fourth-order valence-corrected chi connectivity index (χ4v) is 5.34. The molecule has 0 aliphatic heterocycles. The van der Waals surface area contributed by atoms with Gasteiger partial charge in [0.1, 0.15) is 4.93 Å². The molecule has 1 aromatic rings. The van der Waals surface area contributed by atoms with Crippen LogP contribution < -0.4 is 0 Å². The molecule has 24 heavy (non-hydrogen) atoms. The van der Waals surface area contributed by atoms with Gasteiger partial charge in [0.15, 0.2) is 0 Å². The Bertz CT molecular complexity index is 589. The molecule has 0 fully saturated rings. The molecule has 0 radical (unpaired) electrons. The zero-order valence-corrected chi connectivity index (χ0v) is 16.3. The minimum Gasteiger partial charge on any atom is -0.376 e. The topological polar surface area (TPSA) is 25.2 Å². The molecule has 2 aliphatic carbocycles. The SMILES string of the molecule is CCSC1(O)C=Cc2c(c3c(n2C)CCCCCCCCCC3)C1. The van der Waals surface area contributed by atoms with Crippen LogP contribution in [0.25, 0.3) is 6.08 Å². The first kappa shape index (κ1) is 18.1. The van der Waals surface area contributed by atoms with Crippen LogP contribution in [0.1, 0.15) is 80.8 Å². The predicted molar refractivity (Wildman–Crippen MR) is 106 cm³/mol. The van der Waals surface area contributed by atoms with Crippen molar-refractivity contribution in [2.45, 2.75) is 82.5 Å². The third-order valence-corrected chi connectivity index (χ3v) is 6.77. The maximum absolute atomic E-state index is 10.9. The van der Waals surface area contributed by atoms with E-state index in [-0.39, 0.29) is 0 Å². The monoisotopic (exact) mass is 347 g/mol. The van der Waals surface area contributed by atoms with E-state index in [1.807, 2.05) is 6.08 Å². The molecule has 1 heterocycles. The number of nitrogens with zero attached hydrogens (tertiary/aromatic N) is 1. The lowest BCUT2D eigenvalue weighted by Gasteiger charge is -2.27. The van der Waals surface area contributed by atoms with Gasteiger partial charge in [0.2, 0.25) is 0 Å². The number of hydrogen-bond acceptors (Lipinski definition) is 2. The van der Waals surface area contributed by atoms with E-state index < -0.39 is 4.93 Å². The molecule has 0 saturated heterocycles. The van der Waals surface area contributed by atoms with Gasteiger partial charge in [-0.2, -0.15) is 0 Å². The van der Waals surface area contributed by atoms with Crippen LogP contribution in [-0.2, 0) is 26.3 Å². The lowest BCUT2D eigenvalue weighted by molar-refractivity contribution is 0.187. The van der Waals surface area contributed by atoms with Gasteiger partial charge in [-0.3, -0.25) is 0 Å². The third kappa shape index (κ3) is 3.94. The summed E-state index contributed by atoms with van der Waals surface area (Å²) in [6.07, 6.45) is 18.3. The Morgan fingerprint density at radius 3 is 2.29 bits per heavy atom. The molecule has 1 aromatic heterocycles. The van der Waals surface area contributed by atoms with E-state index in [0.29, 0.717) is 0 Å². The quantitative estimate of drug-likeness (QED) is 0.739. The summed E-state index contributed by atoms with van der Waals surface area (Å²) >= 11 is 1.66. The maximum atomic E-state index is 10.9. The van der Waals surface area contributed by atoms with E-state index in [4.69, 9.17) is 0 Å². The number of rotatable bonds is 2. The molecular weight excluding hydrogens is 314 g/mol. The van der Waals surface area contributed by atoms with Crippen molar-refractivity contribution in [1.29, 1.82) is 0 Å². The Morgan fingerprint density at radius 2 is 1.62 bits per heavy atom. The molecular formula is C21H33NOS. The Labute approximate surface area is 151 Å². The van der Waals surface area contributed by atoms with Crippen molar-refractivity contribution >= 4 is 17.8 Å². The van der Waals surface area contributed by atoms with Gasteiger partial charge in [0.25, 0.3) is 0 Å². The van der Waals surface area contributed by atoms with Crippen LogP contribution in [0.2, 0.25) is 0 Å². The van der Waals surface area contributed by atoms with Crippen LogP contribution in [0.4, 0.5) is 0 Å². The molecule has 134 valence electrons. The second-order valence-corrected chi connectivity index (χ2v) is 9.04. The molecule has 2 aliphatic rings. The van der Waals surface area contributed by atoms with Crippen LogP contribution in [0, 0.1) is 0 Å². The molecule has 1 N–H and O–H groups in total. The highest BCUT2D eigenvalue weighted by atomic mass is 32.2. The van der Waals surface area contributed by atoms with Crippen molar-refractivity contribution < 1.29 is 5.11 Å². The molecule has 0 bridgehead atoms. The number of aliphatic hydroxyl groups is 1. The summed E-state index contributed by atoms with van der Waals surface area (Å²) in [5, 5.41) is 10.9. The molecule has 3 rings (SSSR count). The van der Waals surface area contributed by atoms with Crippen LogP contribution in [-0.4, -0.2) is 20.4 Å². The molecule has 0 saturated carbocycles. The minimum absolute atomic E-state index is 0.708. The van der Waals surface area contributed by atoms with E-state index in [0.717, 1.165) is 12.2 Å². The first-order valence-electron chi connectivity index (χ1n) is 9.89. The van der Waals surface area contributed by atoms with Crippen molar-refractivity contribution in [2.75, 3.05) is 5.75 Å². The van der Waals surface area contributed by atoms with Gasteiger partial charge in [-0.05, 0) is 54.7 Å². The van der Waals surface area contributed by atoms with Gasteiger partial charge in [-0.15, -0.1) is 11.8 Å². The average Bonchev–Trinajstić information content (AvgIpc) is 2.78. The van der Waals surface area contributed by atoms with Crippen molar-refractivity contribution in [3.8, 4) is 0 Å². The molecule has 0 aromatic carbocycles. The predicted octanol–water partition coefficient (Wildman–Crippen LogP) is 5.26. The van der Waals surface area contributed by atoms with Gasteiger partial charge < -0.3 is 9.67 Å². The highest BCUT2D eigenvalue weighted by Crippen LogP contribution is 2.39. The molecule has 0 amide bonds. The third-order valence-electron chi connectivity index (χ3n) is 5.70. The van der Waals surface area contributed by atoms with Crippen LogP contribution in [0.15, 0.2) is 6.08 Å². The number of hydrogen-bond donors (Lipinski definition) is 1. The molecule has 0 spiro atoms. The standard InChI is InChI=1S/C21H33NOS/c1-3-24-21(23)15-14-20-18(16-21)17-12-10-8-6-4-5-7-9-11-13-19(17)22(20)2/h14-15,23H,3-13,16H2,1-2H3. The summed E-state index contributed by atoms with van der Waals surface area (Å²) in [5.74, 6) is 0.950.